The maximum Gasteiger partial charge on any atom is 0.257 e. The van der Waals surface area contributed by atoms with E-state index in [1.165, 1.54) is 0 Å². The Morgan fingerprint density at radius 2 is 1.52 bits per heavy atom. The first-order chi connectivity index (χ1) is 15.0. The molecule has 2 rings (SSSR count). The van der Waals surface area contributed by atoms with Crippen molar-refractivity contribution in [2.45, 2.75) is 40.0 Å². The number of hydrogen-bond donors (Lipinski definition) is 2. The molecule has 2 aromatic carbocycles. The first kappa shape index (κ1) is 24.3. The number of amides is 2. The normalized spacial score (nSPS) is 10.3. The van der Waals surface area contributed by atoms with Gasteiger partial charge in [0.2, 0.25) is 0 Å². The SMILES string of the molecule is CCCCCOc1ccc(C(=O)NC(=S)Nc2ccc(C(=O)N(CC)CC)cc2)cc1. The Hall–Kier alpha value is -2.93. The molecule has 2 aromatic rings. The second-order valence-corrected chi connectivity index (χ2v) is 7.45. The number of thiocarbonyl (C=S) groups is 1. The summed E-state index contributed by atoms with van der Waals surface area (Å²) in [5.41, 5.74) is 1.80. The minimum Gasteiger partial charge on any atom is -0.494 e. The van der Waals surface area contributed by atoms with Crippen molar-refractivity contribution in [3.63, 3.8) is 0 Å². The molecule has 0 aromatic heterocycles. The molecule has 0 radical (unpaired) electrons. The van der Waals surface area contributed by atoms with Gasteiger partial charge in [0.25, 0.3) is 11.8 Å². The summed E-state index contributed by atoms with van der Waals surface area (Å²) in [6.07, 6.45) is 3.30. The molecule has 31 heavy (non-hydrogen) atoms. The lowest BCUT2D eigenvalue weighted by molar-refractivity contribution is 0.0772. The summed E-state index contributed by atoms with van der Waals surface area (Å²) < 4.78 is 5.66. The number of ether oxygens (including phenoxy) is 1. The van der Waals surface area contributed by atoms with Crippen molar-refractivity contribution in [2.75, 3.05) is 25.0 Å². The van der Waals surface area contributed by atoms with Crippen LogP contribution in [0.25, 0.3) is 0 Å². The van der Waals surface area contributed by atoms with Crippen LogP contribution < -0.4 is 15.4 Å². The first-order valence-electron chi connectivity index (χ1n) is 10.7. The van der Waals surface area contributed by atoms with Gasteiger partial charge in [0.05, 0.1) is 6.61 Å². The number of benzene rings is 2. The van der Waals surface area contributed by atoms with E-state index < -0.39 is 0 Å². The van der Waals surface area contributed by atoms with E-state index in [0.717, 1.165) is 25.0 Å². The zero-order valence-electron chi connectivity index (χ0n) is 18.4. The molecule has 2 amide bonds. The van der Waals surface area contributed by atoms with Crippen molar-refractivity contribution in [3.05, 3.63) is 59.7 Å². The van der Waals surface area contributed by atoms with Gasteiger partial charge in [-0.15, -0.1) is 0 Å². The largest absolute Gasteiger partial charge is 0.494 e. The highest BCUT2D eigenvalue weighted by molar-refractivity contribution is 7.80. The average molecular weight is 442 g/mol. The standard InChI is InChI=1S/C24H31N3O3S/c1-4-7-8-17-30-21-15-11-18(12-16-21)22(28)26-24(31)25-20-13-9-19(10-14-20)23(29)27(5-2)6-3/h9-16H,4-8,17H2,1-3H3,(H2,25,26,28,31). The zero-order valence-corrected chi connectivity index (χ0v) is 19.3. The summed E-state index contributed by atoms with van der Waals surface area (Å²) in [7, 11) is 0. The molecule has 7 heteroatoms. The number of carbonyl (C=O) groups is 2. The average Bonchev–Trinajstić information content (AvgIpc) is 2.78. The first-order valence-corrected chi connectivity index (χ1v) is 11.1. The summed E-state index contributed by atoms with van der Waals surface area (Å²) in [5, 5.41) is 5.82. The fourth-order valence-electron chi connectivity index (χ4n) is 2.97. The van der Waals surface area contributed by atoms with Crippen LogP contribution in [0.5, 0.6) is 5.75 Å². The molecule has 166 valence electrons. The van der Waals surface area contributed by atoms with Crippen LogP contribution in [0, 0.1) is 0 Å². The highest BCUT2D eigenvalue weighted by Crippen LogP contribution is 2.14. The molecule has 0 fully saturated rings. The van der Waals surface area contributed by atoms with Gasteiger partial charge in [0, 0.05) is 29.9 Å². The number of unbranched alkanes of at least 4 members (excludes halogenated alkanes) is 2. The molecule has 0 atom stereocenters. The number of hydrogen-bond acceptors (Lipinski definition) is 4. The molecule has 0 aliphatic carbocycles. The Morgan fingerprint density at radius 1 is 0.903 bits per heavy atom. The topological polar surface area (TPSA) is 70.7 Å². The molecule has 6 nitrogen and oxygen atoms in total. The van der Waals surface area contributed by atoms with E-state index in [9.17, 15) is 9.59 Å². The summed E-state index contributed by atoms with van der Waals surface area (Å²) >= 11 is 5.24. The third-order valence-electron chi connectivity index (χ3n) is 4.80. The Morgan fingerprint density at radius 3 is 2.10 bits per heavy atom. The molecule has 0 unspecified atom stereocenters. The number of carbonyl (C=O) groups excluding carboxylic acids is 2. The molecule has 2 N–H and O–H groups in total. The van der Waals surface area contributed by atoms with Gasteiger partial charge < -0.3 is 15.0 Å². The van der Waals surface area contributed by atoms with E-state index >= 15 is 0 Å². The highest BCUT2D eigenvalue weighted by Gasteiger charge is 2.12. The molecule has 0 saturated carbocycles. The van der Waals surface area contributed by atoms with E-state index in [1.54, 1.807) is 53.4 Å². The van der Waals surface area contributed by atoms with Crippen molar-refractivity contribution in [1.82, 2.24) is 10.2 Å². The van der Waals surface area contributed by atoms with Crippen molar-refractivity contribution in [2.24, 2.45) is 0 Å². The second kappa shape index (κ2) is 12.7. The summed E-state index contributed by atoms with van der Waals surface area (Å²) in [6, 6.07) is 14.0. The summed E-state index contributed by atoms with van der Waals surface area (Å²) in [6.45, 7) is 8.05. The fourth-order valence-corrected chi connectivity index (χ4v) is 3.18. The third kappa shape index (κ3) is 7.68. The zero-order chi connectivity index (χ0) is 22.6. The minimum atomic E-state index is -0.302. The van der Waals surface area contributed by atoms with Gasteiger partial charge >= 0.3 is 0 Å². The Kier molecular flexibility index (Phi) is 9.97. The summed E-state index contributed by atoms with van der Waals surface area (Å²) in [5.74, 6) is 0.432. The molecule has 0 aliphatic rings. The van der Waals surface area contributed by atoms with Gasteiger partial charge in [-0.05, 0) is 81.0 Å². The predicted octanol–water partition coefficient (Wildman–Crippen LogP) is 4.86. The van der Waals surface area contributed by atoms with Crippen LogP contribution in [0.15, 0.2) is 48.5 Å². The number of nitrogens with zero attached hydrogens (tertiary/aromatic N) is 1. The van der Waals surface area contributed by atoms with Crippen LogP contribution >= 0.6 is 12.2 Å². The number of rotatable bonds is 10. The van der Waals surface area contributed by atoms with Crippen LogP contribution in [-0.2, 0) is 0 Å². The van der Waals surface area contributed by atoms with Crippen LogP contribution in [-0.4, -0.2) is 41.5 Å². The fraction of sp³-hybridized carbons (Fsp3) is 0.375. The monoisotopic (exact) mass is 441 g/mol. The van der Waals surface area contributed by atoms with Gasteiger partial charge in [-0.1, -0.05) is 19.8 Å². The molecular weight excluding hydrogens is 410 g/mol. The lowest BCUT2D eigenvalue weighted by atomic mass is 10.2. The Labute approximate surface area is 190 Å². The molecule has 0 bridgehead atoms. The number of anilines is 1. The van der Waals surface area contributed by atoms with Crippen molar-refractivity contribution >= 4 is 34.8 Å². The van der Waals surface area contributed by atoms with Gasteiger partial charge in [-0.25, -0.2) is 0 Å². The van der Waals surface area contributed by atoms with Crippen LogP contribution in [0.3, 0.4) is 0 Å². The van der Waals surface area contributed by atoms with E-state index in [1.807, 2.05) is 13.8 Å². The third-order valence-corrected chi connectivity index (χ3v) is 5.00. The molecule has 0 aliphatic heterocycles. The molecule has 0 spiro atoms. The summed E-state index contributed by atoms with van der Waals surface area (Å²) in [4.78, 5) is 26.5. The Bertz CT molecular complexity index is 863. The van der Waals surface area contributed by atoms with Crippen molar-refractivity contribution < 1.29 is 14.3 Å². The molecule has 0 heterocycles. The van der Waals surface area contributed by atoms with Crippen molar-refractivity contribution in [1.29, 1.82) is 0 Å². The smallest absolute Gasteiger partial charge is 0.257 e. The number of nitrogens with one attached hydrogen (secondary N) is 2. The lowest BCUT2D eigenvalue weighted by Gasteiger charge is -2.18. The van der Waals surface area contributed by atoms with Gasteiger partial charge in [-0.3, -0.25) is 14.9 Å². The van der Waals surface area contributed by atoms with E-state index in [2.05, 4.69) is 17.6 Å². The highest BCUT2D eigenvalue weighted by atomic mass is 32.1. The van der Waals surface area contributed by atoms with Crippen LogP contribution in [0.1, 0.15) is 60.7 Å². The quantitative estimate of drug-likeness (QED) is 0.407. The van der Waals surface area contributed by atoms with Gasteiger partial charge in [0.1, 0.15) is 5.75 Å². The lowest BCUT2D eigenvalue weighted by Crippen LogP contribution is -2.34. The predicted molar refractivity (Wildman–Crippen MR) is 129 cm³/mol. The van der Waals surface area contributed by atoms with Gasteiger partial charge in [-0.2, -0.15) is 0 Å². The van der Waals surface area contributed by atoms with Crippen molar-refractivity contribution in [3.8, 4) is 5.75 Å². The second-order valence-electron chi connectivity index (χ2n) is 7.04. The molecular formula is C24H31N3O3S. The molecule has 0 saturated heterocycles. The Balaban J connectivity index is 1.86. The maximum absolute atomic E-state index is 12.4. The van der Waals surface area contributed by atoms with Crippen LogP contribution in [0.4, 0.5) is 5.69 Å². The van der Waals surface area contributed by atoms with E-state index in [-0.39, 0.29) is 16.9 Å². The van der Waals surface area contributed by atoms with Crippen LogP contribution in [0.2, 0.25) is 0 Å². The van der Waals surface area contributed by atoms with E-state index in [0.29, 0.717) is 36.5 Å². The maximum atomic E-state index is 12.4. The van der Waals surface area contributed by atoms with Gasteiger partial charge in [0.15, 0.2) is 5.11 Å². The van der Waals surface area contributed by atoms with E-state index in [4.69, 9.17) is 17.0 Å². The minimum absolute atomic E-state index is 0.00906.